The van der Waals surface area contributed by atoms with E-state index in [0.29, 0.717) is 11.1 Å². The Morgan fingerprint density at radius 2 is 2.37 bits per heavy atom. The summed E-state index contributed by atoms with van der Waals surface area (Å²) in [6.07, 6.45) is 3.81. The maximum atomic E-state index is 10.6. The van der Waals surface area contributed by atoms with Gasteiger partial charge in [0.25, 0.3) is 0 Å². The molecule has 0 unspecified atom stereocenters. The van der Waals surface area contributed by atoms with Gasteiger partial charge < -0.3 is 10.9 Å². The number of hydrogen-bond donors (Lipinski definition) is 2. The predicted octanol–water partition coefficient (Wildman–Crippen LogP) is 0.578. The lowest BCUT2D eigenvalue weighted by molar-refractivity contribution is -0.384. The van der Waals surface area contributed by atoms with Gasteiger partial charge >= 0.3 is 5.69 Å². The van der Waals surface area contributed by atoms with Gasteiger partial charge in [0.2, 0.25) is 0 Å². The standard InChI is InChI=1S/C10H10N6O3/c1-6-2-3-12-10(8(6)9(11)14-17)15-5-7(4-13-15)16(18)19/h2-5,17H,1H3,(H2,11,14). The van der Waals surface area contributed by atoms with Crippen LogP contribution in [0.2, 0.25) is 0 Å². The van der Waals surface area contributed by atoms with Gasteiger partial charge in [-0.05, 0) is 18.6 Å². The second-order valence-electron chi connectivity index (χ2n) is 3.71. The van der Waals surface area contributed by atoms with Gasteiger partial charge in [-0.25, -0.2) is 9.67 Å². The van der Waals surface area contributed by atoms with Crippen LogP contribution in [0, 0.1) is 17.0 Å². The average Bonchev–Trinajstić information content (AvgIpc) is 2.87. The number of oxime groups is 1. The van der Waals surface area contributed by atoms with E-state index in [1.807, 2.05) is 0 Å². The summed E-state index contributed by atoms with van der Waals surface area (Å²) in [5.74, 6) is 0.113. The molecule has 2 aromatic rings. The quantitative estimate of drug-likeness (QED) is 0.273. The number of hydrogen-bond acceptors (Lipinski definition) is 6. The van der Waals surface area contributed by atoms with Crippen LogP contribution in [-0.4, -0.2) is 30.7 Å². The zero-order valence-electron chi connectivity index (χ0n) is 9.89. The molecular formula is C10H10N6O3. The third-order valence-electron chi connectivity index (χ3n) is 2.50. The van der Waals surface area contributed by atoms with Crippen molar-refractivity contribution in [1.29, 1.82) is 0 Å². The molecule has 0 aliphatic carbocycles. The highest BCUT2D eigenvalue weighted by Gasteiger charge is 2.17. The smallest absolute Gasteiger partial charge is 0.307 e. The average molecular weight is 262 g/mol. The Kier molecular flexibility index (Phi) is 3.10. The molecule has 0 aromatic carbocycles. The van der Waals surface area contributed by atoms with Crippen molar-refractivity contribution >= 4 is 11.5 Å². The first-order valence-corrected chi connectivity index (χ1v) is 5.17. The third kappa shape index (κ3) is 2.20. The molecule has 2 aromatic heterocycles. The van der Waals surface area contributed by atoms with Crippen molar-refractivity contribution in [3.8, 4) is 5.82 Å². The number of nitrogens with zero attached hydrogens (tertiary/aromatic N) is 5. The monoisotopic (exact) mass is 262 g/mol. The molecule has 0 aliphatic heterocycles. The predicted molar refractivity (Wildman–Crippen MR) is 65.3 cm³/mol. The molecule has 0 saturated heterocycles. The molecule has 9 nitrogen and oxygen atoms in total. The van der Waals surface area contributed by atoms with E-state index in [4.69, 9.17) is 10.9 Å². The van der Waals surface area contributed by atoms with Crippen LogP contribution in [0.25, 0.3) is 5.82 Å². The first-order valence-electron chi connectivity index (χ1n) is 5.17. The molecule has 9 heteroatoms. The van der Waals surface area contributed by atoms with Gasteiger partial charge in [-0.2, -0.15) is 5.10 Å². The molecule has 19 heavy (non-hydrogen) atoms. The van der Waals surface area contributed by atoms with Crippen LogP contribution in [0.3, 0.4) is 0 Å². The summed E-state index contributed by atoms with van der Waals surface area (Å²) < 4.78 is 1.21. The maximum absolute atomic E-state index is 10.6. The third-order valence-corrected chi connectivity index (χ3v) is 2.50. The Hall–Kier alpha value is -2.97. The van der Waals surface area contributed by atoms with Crippen LogP contribution < -0.4 is 5.73 Å². The number of pyridine rings is 1. The molecule has 0 amide bonds. The molecule has 98 valence electrons. The fourth-order valence-corrected chi connectivity index (χ4v) is 1.61. The summed E-state index contributed by atoms with van der Waals surface area (Å²) in [7, 11) is 0. The highest BCUT2D eigenvalue weighted by atomic mass is 16.6. The van der Waals surface area contributed by atoms with Gasteiger partial charge in [0.05, 0.1) is 10.5 Å². The van der Waals surface area contributed by atoms with Crippen molar-refractivity contribution < 1.29 is 10.1 Å². The highest BCUT2D eigenvalue weighted by Crippen LogP contribution is 2.18. The van der Waals surface area contributed by atoms with Gasteiger partial charge in [-0.1, -0.05) is 5.16 Å². The summed E-state index contributed by atoms with van der Waals surface area (Å²) >= 11 is 0. The topological polar surface area (TPSA) is 132 Å². The number of amidine groups is 1. The normalized spacial score (nSPS) is 11.5. The van der Waals surface area contributed by atoms with Crippen LogP contribution in [-0.2, 0) is 0 Å². The minimum atomic E-state index is -0.567. The first-order chi connectivity index (χ1) is 9.04. The lowest BCUT2D eigenvalue weighted by Gasteiger charge is -2.09. The van der Waals surface area contributed by atoms with Gasteiger partial charge in [0.1, 0.15) is 12.4 Å². The van der Waals surface area contributed by atoms with Gasteiger partial charge in [-0.15, -0.1) is 0 Å². The van der Waals surface area contributed by atoms with Gasteiger partial charge in [-0.3, -0.25) is 10.1 Å². The molecule has 0 bridgehead atoms. The summed E-state index contributed by atoms with van der Waals surface area (Å²) in [4.78, 5) is 14.1. The molecule has 2 heterocycles. The Labute approximate surface area is 107 Å². The van der Waals surface area contributed by atoms with Crippen molar-refractivity contribution in [1.82, 2.24) is 14.8 Å². The summed E-state index contributed by atoms with van der Waals surface area (Å²) in [6, 6.07) is 1.68. The fourth-order valence-electron chi connectivity index (χ4n) is 1.61. The number of aryl methyl sites for hydroxylation is 1. The SMILES string of the molecule is Cc1ccnc(-n2cc([N+](=O)[O-])cn2)c1/C(N)=N/O. The van der Waals surface area contributed by atoms with Crippen molar-refractivity contribution in [3.63, 3.8) is 0 Å². The Morgan fingerprint density at radius 1 is 1.63 bits per heavy atom. The molecule has 0 atom stereocenters. The van der Waals surface area contributed by atoms with Crippen molar-refractivity contribution in [2.75, 3.05) is 0 Å². The van der Waals surface area contributed by atoms with E-state index < -0.39 is 4.92 Å². The number of rotatable bonds is 3. The van der Waals surface area contributed by atoms with E-state index in [1.165, 1.54) is 17.1 Å². The largest absolute Gasteiger partial charge is 0.409 e. The van der Waals surface area contributed by atoms with Crippen molar-refractivity contribution in [2.45, 2.75) is 6.92 Å². The lowest BCUT2D eigenvalue weighted by Crippen LogP contribution is -2.19. The van der Waals surface area contributed by atoms with Crippen LogP contribution in [0.15, 0.2) is 29.8 Å². The Balaban J connectivity index is 2.61. The van der Waals surface area contributed by atoms with E-state index in [0.717, 1.165) is 6.20 Å². The van der Waals surface area contributed by atoms with E-state index in [1.54, 1.807) is 13.0 Å². The number of aromatic nitrogens is 3. The highest BCUT2D eigenvalue weighted by molar-refractivity contribution is 6.01. The molecule has 3 N–H and O–H groups in total. The van der Waals surface area contributed by atoms with Crippen LogP contribution in [0.1, 0.15) is 11.1 Å². The molecule has 2 rings (SSSR count). The lowest BCUT2D eigenvalue weighted by atomic mass is 10.1. The van der Waals surface area contributed by atoms with Gasteiger partial charge in [0, 0.05) is 6.20 Å². The van der Waals surface area contributed by atoms with Crippen LogP contribution in [0.4, 0.5) is 5.69 Å². The number of nitrogens with two attached hydrogens (primary N) is 1. The molecule has 0 spiro atoms. The van der Waals surface area contributed by atoms with E-state index in [-0.39, 0.29) is 17.3 Å². The minimum absolute atomic E-state index is 0.140. The minimum Gasteiger partial charge on any atom is -0.409 e. The second kappa shape index (κ2) is 4.72. The molecule has 0 aliphatic rings. The Bertz CT molecular complexity index is 663. The zero-order chi connectivity index (χ0) is 14.0. The number of nitro groups is 1. The Morgan fingerprint density at radius 3 is 2.95 bits per heavy atom. The molecular weight excluding hydrogens is 252 g/mol. The van der Waals surface area contributed by atoms with E-state index in [9.17, 15) is 10.1 Å². The molecule has 0 fully saturated rings. The van der Waals surface area contributed by atoms with Crippen molar-refractivity contribution in [2.24, 2.45) is 10.9 Å². The second-order valence-corrected chi connectivity index (χ2v) is 3.71. The van der Waals surface area contributed by atoms with Gasteiger partial charge in [0.15, 0.2) is 11.7 Å². The maximum Gasteiger partial charge on any atom is 0.307 e. The molecule has 0 radical (unpaired) electrons. The van der Waals surface area contributed by atoms with Crippen LogP contribution in [0.5, 0.6) is 0 Å². The molecule has 0 saturated carbocycles. The van der Waals surface area contributed by atoms with Crippen LogP contribution >= 0.6 is 0 Å². The zero-order valence-corrected chi connectivity index (χ0v) is 9.89. The van der Waals surface area contributed by atoms with E-state index in [2.05, 4.69) is 15.2 Å². The first kappa shape index (κ1) is 12.5. The fraction of sp³-hybridized carbons (Fsp3) is 0.100. The van der Waals surface area contributed by atoms with E-state index >= 15 is 0 Å². The van der Waals surface area contributed by atoms with Crippen molar-refractivity contribution in [3.05, 3.63) is 45.9 Å². The summed E-state index contributed by atoms with van der Waals surface area (Å²) in [5.41, 5.74) is 6.48. The summed E-state index contributed by atoms with van der Waals surface area (Å²) in [6.45, 7) is 1.75. The summed E-state index contributed by atoms with van der Waals surface area (Å²) in [5, 5.41) is 26.2.